The summed E-state index contributed by atoms with van der Waals surface area (Å²) in [4.78, 5) is 30.6. The van der Waals surface area contributed by atoms with Crippen molar-refractivity contribution in [2.75, 3.05) is 11.1 Å². The molecular formula is C21H19N5O2S2. The molecule has 1 amide bonds. The first kappa shape index (κ1) is 19.2. The molecule has 5 rings (SSSR count). The Bertz CT molecular complexity index is 1290. The number of para-hydroxylation sites is 1. The van der Waals surface area contributed by atoms with E-state index in [9.17, 15) is 9.59 Å². The van der Waals surface area contributed by atoms with Crippen molar-refractivity contribution in [3.63, 3.8) is 0 Å². The molecule has 4 aromatic rings. The Morgan fingerprint density at radius 1 is 1.10 bits per heavy atom. The van der Waals surface area contributed by atoms with Gasteiger partial charge in [0.15, 0.2) is 5.16 Å². The number of hydrogen-bond acceptors (Lipinski definition) is 7. The molecule has 7 nitrogen and oxygen atoms in total. The van der Waals surface area contributed by atoms with Crippen molar-refractivity contribution in [3.8, 4) is 0 Å². The number of anilines is 1. The first-order valence-electron chi connectivity index (χ1n) is 9.86. The van der Waals surface area contributed by atoms with Gasteiger partial charge in [0.25, 0.3) is 5.56 Å². The van der Waals surface area contributed by atoms with Crippen molar-refractivity contribution >= 4 is 57.0 Å². The van der Waals surface area contributed by atoms with Crippen LogP contribution in [-0.4, -0.2) is 30.0 Å². The monoisotopic (exact) mass is 437 g/mol. The van der Waals surface area contributed by atoms with E-state index in [1.807, 2.05) is 42.5 Å². The smallest absolute Gasteiger partial charge is 0.262 e. The molecule has 0 saturated heterocycles. The highest BCUT2D eigenvalue weighted by Gasteiger charge is 2.23. The predicted octanol–water partition coefficient (Wildman–Crippen LogP) is 4.25. The minimum Gasteiger partial charge on any atom is -0.323 e. The molecule has 0 aliphatic heterocycles. The maximum Gasteiger partial charge on any atom is 0.262 e. The van der Waals surface area contributed by atoms with Gasteiger partial charge in [-0.15, -0.1) is 0 Å². The van der Waals surface area contributed by atoms with Crippen molar-refractivity contribution in [2.24, 2.45) is 0 Å². The van der Waals surface area contributed by atoms with Crippen molar-refractivity contribution in [3.05, 3.63) is 52.8 Å². The van der Waals surface area contributed by atoms with E-state index in [1.54, 1.807) is 4.57 Å². The molecule has 0 radical (unpaired) electrons. The third-order valence-corrected chi connectivity index (χ3v) is 6.85. The third-order valence-electron chi connectivity index (χ3n) is 5.36. The van der Waals surface area contributed by atoms with Crippen LogP contribution < -0.4 is 10.9 Å². The summed E-state index contributed by atoms with van der Waals surface area (Å²) >= 11 is 2.42. The van der Waals surface area contributed by atoms with E-state index in [0.717, 1.165) is 42.9 Å². The normalized spacial score (nSPS) is 14.5. The minimum absolute atomic E-state index is 0.0197. The predicted molar refractivity (Wildman–Crippen MR) is 120 cm³/mol. The van der Waals surface area contributed by atoms with E-state index < -0.39 is 0 Å². The van der Waals surface area contributed by atoms with Crippen molar-refractivity contribution < 1.29 is 4.79 Å². The zero-order chi connectivity index (χ0) is 20.5. The van der Waals surface area contributed by atoms with Gasteiger partial charge in [-0.1, -0.05) is 42.8 Å². The van der Waals surface area contributed by atoms with Crippen LogP contribution >= 0.6 is 23.5 Å². The zero-order valence-corrected chi connectivity index (χ0v) is 17.7. The average molecular weight is 438 g/mol. The van der Waals surface area contributed by atoms with Crippen LogP contribution in [0.4, 0.5) is 5.69 Å². The number of aromatic nitrogens is 4. The number of rotatable bonds is 5. The molecule has 0 bridgehead atoms. The van der Waals surface area contributed by atoms with Gasteiger partial charge in [-0.2, -0.15) is 8.75 Å². The van der Waals surface area contributed by atoms with Gasteiger partial charge in [0, 0.05) is 6.04 Å². The Morgan fingerprint density at radius 2 is 1.90 bits per heavy atom. The highest BCUT2D eigenvalue weighted by molar-refractivity contribution is 7.99. The number of nitrogens with one attached hydrogen (secondary N) is 1. The highest BCUT2D eigenvalue weighted by atomic mass is 32.2. The molecule has 2 aromatic carbocycles. The van der Waals surface area contributed by atoms with E-state index in [2.05, 4.69) is 14.1 Å². The van der Waals surface area contributed by atoms with E-state index in [1.165, 1.54) is 11.8 Å². The molecule has 1 N–H and O–H groups in total. The Balaban J connectivity index is 1.42. The van der Waals surface area contributed by atoms with Gasteiger partial charge in [-0.05, 0) is 37.1 Å². The van der Waals surface area contributed by atoms with Crippen LogP contribution in [0.1, 0.15) is 31.7 Å². The summed E-state index contributed by atoms with van der Waals surface area (Å²) in [6, 6.07) is 13.1. The molecule has 0 spiro atoms. The van der Waals surface area contributed by atoms with Gasteiger partial charge in [-0.25, -0.2) is 4.98 Å². The van der Waals surface area contributed by atoms with E-state index in [0.29, 0.717) is 27.3 Å². The lowest BCUT2D eigenvalue weighted by atomic mass is 10.2. The zero-order valence-electron chi connectivity index (χ0n) is 16.1. The number of carbonyl (C=O) groups excluding carboxylic acids is 1. The largest absolute Gasteiger partial charge is 0.323 e. The Morgan fingerprint density at radius 3 is 2.77 bits per heavy atom. The Labute approximate surface area is 180 Å². The van der Waals surface area contributed by atoms with Crippen molar-refractivity contribution in [1.82, 2.24) is 18.3 Å². The first-order chi connectivity index (χ1) is 14.7. The average Bonchev–Trinajstić information content (AvgIpc) is 3.45. The fraction of sp³-hybridized carbons (Fsp3) is 0.286. The van der Waals surface area contributed by atoms with Crippen LogP contribution in [0.5, 0.6) is 0 Å². The standard InChI is InChI=1S/C21H19N5O2S2/c27-18(22-16-10-5-11-17-19(16)25-30-24-17)12-29-21-23-15-9-4-3-8-14(15)20(28)26(21)13-6-1-2-7-13/h3-5,8-11,13H,1-2,6-7,12H2,(H,22,27). The van der Waals surface area contributed by atoms with Crippen molar-refractivity contribution in [1.29, 1.82) is 0 Å². The molecule has 30 heavy (non-hydrogen) atoms. The Hall–Kier alpha value is -2.78. The summed E-state index contributed by atoms with van der Waals surface area (Å²) in [5, 5.41) is 4.14. The number of fused-ring (bicyclic) bond motifs is 2. The summed E-state index contributed by atoms with van der Waals surface area (Å²) in [7, 11) is 0. The van der Waals surface area contributed by atoms with Crippen LogP contribution in [-0.2, 0) is 4.79 Å². The SMILES string of the molecule is O=C(CSc1nc2ccccc2c(=O)n1C1CCCC1)Nc1cccc2nsnc12. The van der Waals surface area contributed by atoms with Crippen LogP contribution in [0, 0.1) is 0 Å². The summed E-state index contributed by atoms with van der Waals surface area (Å²) in [6.45, 7) is 0. The second kappa shape index (κ2) is 8.16. The van der Waals surface area contributed by atoms with Crippen LogP contribution in [0.2, 0.25) is 0 Å². The molecule has 0 atom stereocenters. The fourth-order valence-electron chi connectivity index (χ4n) is 3.94. The summed E-state index contributed by atoms with van der Waals surface area (Å²) in [6.07, 6.45) is 4.16. The maximum absolute atomic E-state index is 13.2. The van der Waals surface area contributed by atoms with E-state index in [4.69, 9.17) is 4.98 Å². The lowest BCUT2D eigenvalue weighted by Gasteiger charge is -2.18. The van der Waals surface area contributed by atoms with E-state index >= 15 is 0 Å². The van der Waals surface area contributed by atoms with Crippen LogP contribution in [0.3, 0.4) is 0 Å². The van der Waals surface area contributed by atoms with E-state index in [-0.39, 0.29) is 23.3 Å². The molecule has 0 unspecified atom stereocenters. The molecule has 1 aliphatic rings. The topological polar surface area (TPSA) is 89.8 Å². The molecule has 2 aromatic heterocycles. The number of carbonyl (C=O) groups is 1. The van der Waals surface area contributed by atoms with Crippen LogP contribution in [0.15, 0.2) is 52.4 Å². The van der Waals surface area contributed by atoms with Gasteiger partial charge in [-0.3, -0.25) is 14.2 Å². The molecule has 1 fully saturated rings. The van der Waals surface area contributed by atoms with Gasteiger partial charge < -0.3 is 5.32 Å². The van der Waals surface area contributed by atoms with Crippen molar-refractivity contribution in [2.45, 2.75) is 36.9 Å². The number of benzene rings is 2. The van der Waals surface area contributed by atoms with Gasteiger partial charge >= 0.3 is 0 Å². The van der Waals surface area contributed by atoms with Gasteiger partial charge in [0.05, 0.1) is 34.1 Å². The minimum atomic E-state index is -0.166. The molecular weight excluding hydrogens is 418 g/mol. The summed E-state index contributed by atoms with van der Waals surface area (Å²) in [5.74, 6) is -0.00766. The number of amides is 1. The lowest BCUT2D eigenvalue weighted by molar-refractivity contribution is -0.113. The first-order valence-corrected chi connectivity index (χ1v) is 11.6. The summed E-state index contributed by atoms with van der Waals surface area (Å²) in [5.41, 5.74) is 2.74. The molecule has 2 heterocycles. The molecule has 152 valence electrons. The Kier molecular flexibility index (Phi) is 5.22. The molecule has 1 saturated carbocycles. The van der Waals surface area contributed by atoms with Gasteiger partial charge in [0.2, 0.25) is 5.91 Å². The number of hydrogen-bond donors (Lipinski definition) is 1. The highest BCUT2D eigenvalue weighted by Crippen LogP contribution is 2.32. The maximum atomic E-state index is 13.2. The fourth-order valence-corrected chi connectivity index (χ4v) is 5.35. The van der Waals surface area contributed by atoms with Crippen LogP contribution in [0.25, 0.3) is 21.9 Å². The lowest BCUT2D eigenvalue weighted by Crippen LogP contribution is -2.27. The quantitative estimate of drug-likeness (QED) is 0.371. The number of thioether (sulfide) groups is 1. The number of nitrogens with zero attached hydrogens (tertiary/aromatic N) is 4. The second-order valence-electron chi connectivity index (χ2n) is 7.30. The molecule has 9 heteroatoms. The molecule has 1 aliphatic carbocycles. The van der Waals surface area contributed by atoms with Gasteiger partial charge in [0.1, 0.15) is 11.0 Å². The second-order valence-corrected chi connectivity index (χ2v) is 8.77. The summed E-state index contributed by atoms with van der Waals surface area (Å²) < 4.78 is 10.3. The third kappa shape index (κ3) is 3.59.